The van der Waals surface area contributed by atoms with Gasteiger partial charge in [0, 0.05) is 25.8 Å². The highest BCUT2D eigenvalue weighted by molar-refractivity contribution is 5.94. The summed E-state index contributed by atoms with van der Waals surface area (Å²) in [5.74, 6) is 1.44. The average Bonchev–Trinajstić information content (AvgIpc) is 3.00. The van der Waals surface area contributed by atoms with Crippen molar-refractivity contribution in [2.24, 2.45) is 0 Å². The third-order valence-corrected chi connectivity index (χ3v) is 3.70. The predicted octanol–water partition coefficient (Wildman–Crippen LogP) is 1.75. The van der Waals surface area contributed by atoms with Gasteiger partial charge in [-0.2, -0.15) is 0 Å². The lowest BCUT2D eigenvalue weighted by molar-refractivity contribution is 0.0949. The van der Waals surface area contributed by atoms with Gasteiger partial charge in [-0.25, -0.2) is 4.98 Å². The molecule has 116 valence electrons. The van der Waals surface area contributed by atoms with E-state index in [0.29, 0.717) is 17.9 Å². The van der Waals surface area contributed by atoms with E-state index in [0.717, 1.165) is 37.7 Å². The number of carbonyl (C=O) groups excluding carboxylic acids is 1. The Balaban J connectivity index is 1.57. The highest BCUT2D eigenvalue weighted by Gasteiger charge is 2.13. The zero-order chi connectivity index (χ0) is 15.4. The normalized spacial score (nSPS) is 14.9. The smallest absolute Gasteiger partial charge is 0.255 e. The number of morpholine rings is 1. The van der Waals surface area contributed by atoms with E-state index in [2.05, 4.69) is 15.2 Å². The van der Waals surface area contributed by atoms with Crippen LogP contribution < -0.4 is 10.2 Å². The minimum Gasteiger partial charge on any atom is -0.469 e. The molecule has 0 spiro atoms. The second-order valence-corrected chi connectivity index (χ2v) is 5.20. The molecule has 1 aliphatic rings. The highest BCUT2D eigenvalue weighted by Crippen LogP contribution is 2.13. The molecule has 1 amide bonds. The molecule has 0 aliphatic carbocycles. The summed E-state index contributed by atoms with van der Waals surface area (Å²) in [4.78, 5) is 18.7. The molecule has 0 aromatic carbocycles. The molecule has 1 aliphatic heterocycles. The Hall–Kier alpha value is -2.34. The van der Waals surface area contributed by atoms with Crippen LogP contribution in [-0.2, 0) is 11.3 Å². The van der Waals surface area contributed by atoms with Crippen molar-refractivity contribution in [3.05, 3.63) is 47.5 Å². The molecule has 1 fully saturated rings. The third-order valence-electron chi connectivity index (χ3n) is 3.70. The van der Waals surface area contributed by atoms with E-state index in [-0.39, 0.29) is 5.91 Å². The fourth-order valence-corrected chi connectivity index (χ4v) is 2.40. The Morgan fingerprint density at radius 2 is 2.14 bits per heavy atom. The maximum Gasteiger partial charge on any atom is 0.255 e. The molecule has 1 N–H and O–H groups in total. The second kappa shape index (κ2) is 6.62. The first-order valence-electron chi connectivity index (χ1n) is 7.34. The lowest BCUT2D eigenvalue weighted by Gasteiger charge is -2.27. The molecule has 0 atom stereocenters. The lowest BCUT2D eigenvalue weighted by atomic mass is 10.2. The van der Waals surface area contributed by atoms with Crippen LogP contribution in [0, 0.1) is 6.92 Å². The molecular formula is C16H19N3O3. The summed E-state index contributed by atoms with van der Waals surface area (Å²) in [7, 11) is 0. The van der Waals surface area contributed by atoms with Gasteiger partial charge in [-0.3, -0.25) is 4.79 Å². The largest absolute Gasteiger partial charge is 0.469 e. The third kappa shape index (κ3) is 3.28. The van der Waals surface area contributed by atoms with E-state index < -0.39 is 0 Å². The van der Waals surface area contributed by atoms with Crippen molar-refractivity contribution in [2.45, 2.75) is 13.5 Å². The topological polar surface area (TPSA) is 67.6 Å². The van der Waals surface area contributed by atoms with Crippen LogP contribution in [-0.4, -0.2) is 37.2 Å². The summed E-state index contributed by atoms with van der Waals surface area (Å²) >= 11 is 0. The van der Waals surface area contributed by atoms with Crippen molar-refractivity contribution < 1.29 is 13.9 Å². The molecule has 0 saturated carbocycles. The second-order valence-electron chi connectivity index (χ2n) is 5.20. The number of hydrogen-bond donors (Lipinski definition) is 1. The number of hydrogen-bond acceptors (Lipinski definition) is 5. The average molecular weight is 301 g/mol. The van der Waals surface area contributed by atoms with Crippen LogP contribution in [0.5, 0.6) is 0 Å². The van der Waals surface area contributed by atoms with E-state index in [9.17, 15) is 4.79 Å². The van der Waals surface area contributed by atoms with Gasteiger partial charge in [-0.05, 0) is 24.6 Å². The summed E-state index contributed by atoms with van der Waals surface area (Å²) in [6.45, 7) is 5.42. The Labute approximate surface area is 129 Å². The fraction of sp³-hybridized carbons (Fsp3) is 0.375. The molecule has 0 bridgehead atoms. The summed E-state index contributed by atoms with van der Waals surface area (Å²) < 4.78 is 10.5. The van der Waals surface area contributed by atoms with Crippen molar-refractivity contribution in [1.82, 2.24) is 10.3 Å². The monoisotopic (exact) mass is 301 g/mol. The number of nitrogens with zero attached hydrogens (tertiary/aromatic N) is 2. The van der Waals surface area contributed by atoms with Gasteiger partial charge in [-0.15, -0.1) is 0 Å². The van der Waals surface area contributed by atoms with Crippen molar-refractivity contribution in [3.8, 4) is 0 Å². The van der Waals surface area contributed by atoms with Gasteiger partial charge >= 0.3 is 0 Å². The van der Waals surface area contributed by atoms with Crippen LogP contribution in [0.3, 0.4) is 0 Å². The number of furan rings is 1. The zero-order valence-corrected chi connectivity index (χ0v) is 12.5. The minimum atomic E-state index is -0.136. The Kier molecular flexibility index (Phi) is 4.39. The van der Waals surface area contributed by atoms with Gasteiger partial charge in [-0.1, -0.05) is 6.07 Å². The van der Waals surface area contributed by atoms with Crippen LogP contribution in [0.4, 0.5) is 5.82 Å². The molecule has 3 rings (SSSR count). The maximum absolute atomic E-state index is 12.0. The first kappa shape index (κ1) is 14.6. The quantitative estimate of drug-likeness (QED) is 0.932. The number of rotatable bonds is 4. The molecule has 6 nitrogen and oxygen atoms in total. The van der Waals surface area contributed by atoms with Gasteiger partial charge in [0.05, 0.1) is 25.0 Å². The van der Waals surface area contributed by atoms with Crippen LogP contribution in [0.15, 0.2) is 35.1 Å². The lowest BCUT2D eigenvalue weighted by Crippen LogP contribution is -2.36. The number of aryl methyl sites for hydroxylation is 1. The molecule has 3 heterocycles. The highest BCUT2D eigenvalue weighted by atomic mass is 16.5. The molecule has 6 heteroatoms. The molecule has 0 radical (unpaired) electrons. The van der Waals surface area contributed by atoms with Crippen LogP contribution >= 0.6 is 0 Å². The van der Waals surface area contributed by atoms with Crippen LogP contribution in [0.25, 0.3) is 0 Å². The molecule has 2 aromatic rings. The summed E-state index contributed by atoms with van der Waals surface area (Å²) in [6.07, 6.45) is 3.32. The number of anilines is 1. The van der Waals surface area contributed by atoms with Crippen molar-refractivity contribution >= 4 is 11.7 Å². The number of aromatic nitrogens is 1. The van der Waals surface area contributed by atoms with Crippen molar-refractivity contribution in [3.63, 3.8) is 0 Å². The van der Waals surface area contributed by atoms with E-state index in [1.54, 1.807) is 19.2 Å². The Morgan fingerprint density at radius 1 is 1.32 bits per heavy atom. The number of amides is 1. The van der Waals surface area contributed by atoms with E-state index in [4.69, 9.17) is 9.15 Å². The van der Waals surface area contributed by atoms with Crippen molar-refractivity contribution in [2.75, 3.05) is 31.2 Å². The van der Waals surface area contributed by atoms with E-state index in [1.165, 1.54) is 6.26 Å². The van der Waals surface area contributed by atoms with E-state index in [1.807, 2.05) is 12.1 Å². The first-order chi connectivity index (χ1) is 10.7. The number of carbonyl (C=O) groups is 1. The molecule has 22 heavy (non-hydrogen) atoms. The number of pyridine rings is 1. The van der Waals surface area contributed by atoms with Gasteiger partial charge in [0.2, 0.25) is 0 Å². The van der Waals surface area contributed by atoms with Crippen molar-refractivity contribution in [1.29, 1.82) is 0 Å². The number of ether oxygens (including phenoxy) is 1. The Morgan fingerprint density at radius 3 is 2.77 bits per heavy atom. The summed E-state index contributed by atoms with van der Waals surface area (Å²) in [5, 5.41) is 2.87. The minimum absolute atomic E-state index is 0.136. The first-order valence-corrected chi connectivity index (χ1v) is 7.34. The predicted molar refractivity (Wildman–Crippen MR) is 81.9 cm³/mol. The number of nitrogens with one attached hydrogen (secondary N) is 1. The van der Waals surface area contributed by atoms with Gasteiger partial charge in [0.1, 0.15) is 11.6 Å². The molecule has 2 aromatic heterocycles. The summed E-state index contributed by atoms with van der Waals surface area (Å²) in [5.41, 5.74) is 1.53. The molecule has 0 unspecified atom stereocenters. The van der Waals surface area contributed by atoms with Gasteiger partial charge in [0.15, 0.2) is 0 Å². The molecule has 1 saturated heterocycles. The fourth-order valence-electron chi connectivity index (χ4n) is 2.40. The van der Waals surface area contributed by atoms with Gasteiger partial charge in [0.25, 0.3) is 5.91 Å². The standard InChI is InChI=1S/C16H19N3O3/c1-12-14(4-7-22-12)16(20)18-11-13-2-3-15(17-10-13)19-5-8-21-9-6-19/h2-4,7,10H,5-6,8-9,11H2,1H3,(H,18,20). The summed E-state index contributed by atoms with van der Waals surface area (Å²) in [6, 6.07) is 5.64. The SMILES string of the molecule is Cc1occc1C(=O)NCc1ccc(N2CCOCC2)nc1. The van der Waals surface area contributed by atoms with Crippen LogP contribution in [0.1, 0.15) is 21.7 Å². The molecular weight excluding hydrogens is 282 g/mol. The van der Waals surface area contributed by atoms with E-state index >= 15 is 0 Å². The van der Waals surface area contributed by atoms with Crippen LogP contribution in [0.2, 0.25) is 0 Å². The Bertz CT molecular complexity index is 630. The zero-order valence-electron chi connectivity index (χ0n) is 12.5. The van der Waals surface area contributed by atoms with Gasteiger partial charge < -0.3 is 19.4 Å². The maximum atomic E-state index is 12.0.